The van der Waals surface area contributed by atoms with E-state index in [1.54, 1.807) is 37.5 Å². The summed E-state index contributed by atoms with van der Waals surface area (Å²) in [6, 6.07) is 43.0. The topological polar surface area (TPSA) is 71.4 Å². The van der Waals surface area contributed by atoms with Crippen LogP contribution in [0.3, 0.4) is 0 Å². The van der Waals surface area contributed by atoms with Gasteiger partial charge in [-0.05, 0) is 84.3 Å². The fourth-order valence-electron chi connectivity index (χ4n) is 5.09. The van der Waals surface area contributed by atoms with E-state index in [1.807, 2.05) is 84.9 Å². The summed E-state index contributed by atoms with van der Waals surface area (Å²) < 4.78 is 11.3. The Morgan fingerprint density at radius 1 is 0.756 bits per heavy atom. The summed E-state index contributed by atoms with van der Waals surface area (Å²) in [6.07, 6.45) is 3.03. The highest BCUT2D eigenvalue weighted by atomic mass is 16.5. The summed E-state index contributed by atoms with van der Waals surface area (Å²) in [6.45, 7) is 0.340. The molecule has 1 saturated heterocycles. The number of methoxy groups -OCH3 is 1. The lowest BCUT2D eigenvalue weighted by atomic mass is 10.1. The van der Waals surface area contributed by atoms with Gasteiger partial charge in [-0.1, -0.05) is 72.8 Å². The monoisotopic (exact) mass is 593 g/mol. The molecule has 5 aromatic rings. The van der Waals surface area contributed by atoms with Crippen molar-refractivity contribution in [2.24, 2.45) is 4.99 Å². The van der Waals surface area contributed by atoms with E-state index in [-0.39, 0.29) is 17.7 Å². The molecule has 1 heterocycles. The van der Waals surface area contributed by atoms with Gasteiger partial charge in [0.15, 0.2) is 12.0 Å². The Balaban J connectivity index is 1.29. The number of hydrogen-bond donors (Lipinski definition) is 0. The fraction of sp³-hybridized carbons (Fsp3) is 0.0789. The molecule has 45 heavy (non-hydrogen) atoms. The van der Waals surface area contributed by atoms with Gasteiger partial charge in [0.2, 0.25) is 0 Å². The zero-order chi connectivity index (χ0) is 31.0. The van der Waals surface area contributed by atoms with Crippen molar-refractivity contribution >= 4 is 47.0 Å². The minimum Gasteiger partial charge on any atom is -0.497 e. The van der Waals surface area contributed by atoms with Crippen molar-refractivity contribution in [1.82, 2.24) is 4.90 Å². The molecule has 0 spiro atoms. The Morgan fingerprint density at radius 3 is 1.98 bits per heavy atom. The van der Waals surface area contributed by atoms with E-state index >= 15 is 0 Å². The summed E-state index contributed by atoms with van der Waals surface area (Å²) >= 11 is 0. The molecule has 0 aromatic heterocycles. The Bertz CT molecular complexity index is 1800. The molecule has 5 aromatic carbocycles. The first kappa shape index (κ1) is 29.1. The van der Waals surface area contributed by atoms with Crippen LogP contribution in [0.4, 0.5) is 22.7 Å². The standard InChI is InChI=1S/C38H31N3O4/c1-44-34-22-18-28(19-23-34)24-25-40-37(43)36(45-38(40)39-35-15-9-8-10-30(35)27-42)26-29-16-20-33(21-17-29)41(31-11-4-2-5-12-31)32-13-6-3-7-14-32/h2-23,26-27H,24-25H2,1H3/b36-26+,39-38?. The number of amidine groups is 1. The van der Waals surface area contributed by atoms with E-state index in [4.69, 9.17) is 9.47 Å². The van der Waals surface area contributed by atoms with Crippen LogP contribution < -0.4 is 9.64 Å². The van der Waals surface area contributed by atoms with Crippen molar-refractivity contribution in [3.8, 4) is 5.75 Å². The van der Waals surface area contributed by atoms with E-state index in [0.29, 0.717) is 24.2 Å². The first-order valence-corrected chi connectivity index (χ1v) is 14.6. The second-order valence-corrected chi connectivity index (χ2v) is 10.3. The van der Waals surface area contributed by atoms with Crippen LogP contribution in [0.1, 0.15) is 21.5 Å². The number of anilines is 3. The van der Waals surface area contributed by atoms with Crippen molar-refractivity contribution in [2.75, 3.05) is 18.6 Å². The zero-order valence-corrected chi connectivity index (χ0v) is 24.7. The van der Waals surface area contributed by atoms with Gasteiger partial charge in [0, 0.05) is 29.2 Å². The SMILES string of the molecule is COc1ccc(CCN2C(=O)/C(=C\c3ccc(N(c4ccccc4)c4ccccc4)cc3)OC2=Nc2ccccc2C=O)cc1. The van der Waals surface area contributed by atoms with Crippen molar-refractivity contribution in [3.05, 3.63) is 156 Å². The Morgan fingerprint density at radius 2 is 1.36 bits per heavy atom. The lowest BCUT2D eigenvalue weighted by Gasteiger charge is -2.25. The molecule has 1 fully saturated rings. The van der Waals surface area contributed by atoms with Crippen LogP contribution in [0.5, 0.6) is 5.75 Å². The second-order valence-electron chi connectivity index (χ2n) is 10.3. The predicted molar refractivity (Wildman–Crippen MR) is 178 cm³/mol. The molecular formula is C38H31N3O4. The van der Waals surface area contributed by atoms with Crippen molar-refractivity contribution < 1.29 is 19.1 Å². The molecule has 1 aliphatic heterocycles. The van der Waals surface area contributed by atoms with E-state index in [2.05, 4.69) is 34.2 Å². The van der Waals surface area contributed by atoms with E-state index < -0.39 is 0 Å². The molecule has 1 amide bonds. The lowest BCUT2D eigenvalue weighted by molar-refractivity contribution is -0.122. The first-order chi connectivity index (χ1) is 22.1. The number of para-hydroxylation sites is 3. The molecular weight excluding hydrogens is 562 g/mol. The molecule has 0 unspecified atom stereocenters. The molecule has 1 aliphatic rings. The van der Waals surface area contributed by atoms with Crippen LogP contribution in [-0.2, 0) is 16.0 Å². The van der Waals surface area contributed by atoms with Crippen molar-refractivity contribution in [2.45, 2.75) is 6.42 Å². The van der Waals surface area contributed by atoms with E-state index in [1.165, 1.54) is 4.90 Å². The Hall–Kier alpha value is -5.95. The van der Waals surface area contributed by atoms with Gasteiger partial charge in [-0.15, -0.1) is 0 Å². The number of rotatable bonds is 10. The summed E-state index contributed by atoms with van der Waals surface area (Å²) in [5, 5.41) is 0. The molecule has 6 rings (SSSR count). The second kappa shape index (κ2) is 13.6. The highest BCUT2D eigenvalue weighted by Gasteiger charge is 2.35. The molecule has 0 N–H and O–H groups in total. The fourth-order valence-corrected chi connectivity index (χ4v) is 5.09. The number of aliphatic imine (C=N–C) groups is 1. The minimum atomic E-state index is -0.301. The number of ether oxygens (including phenoxy) is 2. The Labute approximate surface area is 262 Å². The highest BCUT2D eigenvalue weighted by molar-refractivity contribution is 6.12. The normalized spacial score (nSPS) is 14.4. The van der Waals surface area contributed by atoms with Gasteiger partial charge in [-0.25, -0.2) is 0 Å². The van der Waals surface area contributed by atoms with Gasteiger partial charge in [-0.2, -0.15) is 4.99 Å². The summed E-state index contributed by atoms with van der Waals surface area (Å²) in [7, 11) is 1.62. The van der Waals surface area contributed by atoms with Crippen molar-refractivity contribution in [1.29, 1.82) is 0 Å². The van der Waals surface area contributed by atoms with Crippen LogP contribution in [-0.4, -0.2) is 36.8 Å². The van der Waals surface area contributed by atoms with Crippen molar-refractivity contribution in [3.63, 3.8) is 0 Å². The molecule has 7 heteroatoms. The first-order valence-electron chi connectivity index (χ1n) is 14.6. The highest BCUT2D eigenvalue weighted by Crippen LogP contribution is 2.34. The molecule has 0 radical (unpaired) electrons. The average Bonchev–Trinajstić information content (AvgIpc) is 3.38. The Kier molecular flexibility index (Phi) is 8.78. The molecule has 222 valence electrons. The third kappa shape index (κ3) is 6.68. The molecule has 7 nitrogen and oxygen atoms in total. The summed E-state index contributed by atoms with van der Waals surface area (Å²) in [4.78, 5) is 33.6. The number of amides is 1. The van der Waals surface area contributed by atoms with E-state index in [0.717, 1.165) is 40.2 Å². The number of benzene rings is 5. The minimum absolute atomic E-state index is 0.130. The number of hydrogen-bond acceptors (Lipinski definition) is 6. The molecule has 0 bridgehead atoms. The van der Waals surface area contributed by atoms with Gasteiger partial charge < -0.3 is 14.4 Å². The molecule has 0 atom stereocenters. The molecule has 0 aliphatic carbocycles. The summed E-state index contributed by atoms with van der Waals surface area (Å²) in [5.74, 6) is 0.617. The van der Waals surface area contributed by atoms with Gasteiger partial charge in [0.25, 0.3) is 5.91 Å². The van der Waals surface area contributed by atoms with Crippen LogP contribution >= 0.6 is 0 Å². The largest absolute Gasteiger partial charge is 0.497 e. The third-order valence-corrected chi connectivity index (χ3v) is 7.43. The van der Waals surface area contributed by atoms with Gasteiger partial charge in [0.1, 0.15) is 5.75 Å². The zero-order valence-electron chi connectivity index (χ0n) is 24.7. The average molecular weight is 594 g/mol. The molecule has 0 saturated carbocycles. The lowest BCUT2D eigenvalue weighted by Crippen LogP contribution is -2.31. The predicted octanol–water partition coefficient (Wildman–Crippen LogP) is 8.11. The summed E-state index contributed by atoms with van der Waals surface area (Å²) in [5.41, 5.74) is 5.71. The maximum absolute atomic E-state index is 13.7. The number of carbonyl (C=O) groups is 2. The van der Waals surface area contributed by atoms with Gasteiger partial charge in [-0.3, -0.25) is 14.5 Å². The van der Waals surface area contributed by atoms with E-state index in [9.17, 15) is 9.59 Å². The number of carbonyl (C=O) groups excluding carboxylic acids is 2. The quantitative estimate of drug-likeness (QED) is 0.121. The number of nitrogens with zero attached hydrogens (tertiary/aromatic N) is 3. The third-order valence-electron chi connectivity index (χ3n) is 7.43. The van der Waals surface area contributed by atoms with Crippen LogP contribution in [0, 0.1) is 0 Å². The van der Waals surface area contributed by atoms with Gasteiger partial charge in [0.05, 0.1) is 12.8 Å². The van der Waals surface area contributed by atoms with Crippen LogP contribution in [0.25, 0.3) is 6.08 Å². The van der Waals surface area contributed by atoms with Crippen LogP contribution in [0.2, 0.25) is 0 Å². The smallest absolute Gasteiger partial charge is 0.305 e. The maximum Gasteiger partial charge on any atom is 0.305 e. The number of aldehydes is 1. The van der Waals surface area contributed by atoms with Gasteiger partial charge >= 0.3 is 6.02 Å². The maximum atomic E-state index is 13.7. The van der Waals surface area contributed by atoms with Crippen LogP contribution in [0.15, 0.2) is 144 Å².